The van der Waals surface area contributed by atoms with Gasteiger partial charge in [-0.1, -0.05) is 18.3 Å². The minimum atomic E-state index is 0.488. The quantitative estimate of drug-likeness (QED) is 0.674. The van der Waals surface area contributed by atoms with E-state index in [9.17, 15) is 0 Å². The van der Waals surface area contributed by atoms with E-state index in [1.165, 1.54) is 0 Å². The van der Waals surface area contributed by atoms with Gasteiger partial charge in [0, 0.05) is 18.8 Å². The monoisotopic (exact) mass is 284 g/mol. The minimum absolute atomic E-state index is 0.488. The van der Waals surface area contributed by atoms with Gasteiger partial charge < -0.3 is 4.74 Å². The molecule has 1 aliphatic heterocycles. The van der Waals surface area contributed by atoms with Crippen LogP contribution in [0.25, 0.3) is 0 Å². The molecule has 2 aromatic rings. The molecule has 0 atom stereocenters. The van der Waals surface area contributed by atoms with Crippen LogP contribution >= 0.6 is 12.2 Å². The van der Waals surface area contributed by atoms with Crippen LogP contribution in [0.1, 0.15) is 17.8 Å². The van der Waals surface area contributed by atoms with Crippen LogP contribution in [-0.4, -0.2) is 27.3 Å². The summed E-state index contributed by atoms with van der Waals surface area (Å²) in [5, 5.41) is 4.34. The van der Waals surface area contributed by atoms with Gasteiger partial charge >= 0.3 is 0 Å². The number of ether oxygens (including phenoxy) is 1. The number of nitrogens with zero attached hydrogens (tertiary/aromatic N) is 3. The second-order valence-corrected chi connectivity index (χ2v) is 4.57. The maximum atomic E-state index is 5.53. The van der Waals surface area contributed by atoms with E-state index in [0.29, 0.717) is 23.7 Å². The zero-order chi connectivity index (χ0) is 13.8. The van der Waals surface area contributed by atoms with Gasteiger partial charge in [-0.05, 0) is 24.3 Å². The third kappa shape index (κ3) is 2.65. The van der Waals surface area contributed by atoms with Gasteiger partial charge in [0.1, 0.15) is 16.4 Å². The fourth-order valence-corrected chi connectivity index (χ4v) is 2.05. The summed E-state index contributed by atoms with van der Waals surface area (Å²) in [6, 6.07) is 9.29. The Balaban J connectivity index is 1.79. The lowest BCUT2D eigenvalue weighted by molar-refractivity contribution is 0.318. The van der Waals surface area contributed by atoms with E-state index in [4.69, 9.17) is 17.0 Å². The summed E-state index contributed by atoms with van der Waals surface area (Å²) in [5.74, 6) is 0.753. The van der Waals surface area contributed by atoms with Gasteiger partial charge in [-0.15, -0.1) is 0 Å². The van der Waals surface area contributed by atoms with Crippen LogP contribution in [0.15, 0.2) is 47.8 Å². The van der Waals surface area contributed by atoms with Gasteiger partial charge in [-0.2, -0.15) is 5.10 Å². The SMILES string of the molecule is S=C(N/N=C1/CCOc2cccnc21)c1ccccn1. The molecule has 3 rings (SSSR count). The number of hydrogen-bond acceptors (Lipinski definition) is 5. The van der Waals surface area contributed by atoms with E-state index < -0.39 is 0 Å². The molecule has 3 heterocycles. The van der Waals surface area contributed by atoms with Crippen molar-refractivity contribution in [2.24, 2.45) is 5.10 Å². The van der Waals surface area contributed by atoms with E-state index in [0.717, 1.165) is 17.2 Å². The summed E-state index contributed by atoms with van der Waals surface area (Å²) in [5.41, 5.74) is 5.16. The number of thiocarbonyl (C=S) groups is 1. The molecule has 6 heteroatoms. The lowest BCUT2D eigenvalue weighted by Crippen LogP contribution is -2.24. The van der Waals surface area contributed by atoms with Gasteiger partial charge in [0.05, 0.1) is 18.0 Å². The molecule has 20 heavy (non-hydrogen) atoms. The summed E-state index contributed by atoms with van der Waals surface area (Å²) < 4.78 is 5.53. The summed E-state index contributed by atoms with van der Waals surface area (Å²) in [7, 11) is 0. The molecule has 0 aromatic carbocycles. The third-order valence-corrected chi connectivity index (χ3v) is 3.13. The van der Waals surface area contributed by atoms with Crippen molar-refractivity contribution < 1.29 is 4.74 Å². The molecule has 0 saturated heterocycles. The smallest absolute Gasteiger partial charge is 0.146 e. The van der Waals surface area contributed by atoms with Crippen LogP contribution < -0.4 is 10.2 Å². The summed E-state index contributed by atoms with van der Waals surface area (Å²) in [4.78, 5) is 8.96. The minimum Gasteiger partial charge on any atom is -0.491 e. The normalized spacial score (nSPS) is 15.3. The first-order valence-corrected chi connectivity index (χ1v) is 6.61. The highest BCUT2D eigenvalue weighted by Gasteiger charge is 2.17. The number of hydrazone groups is 1. The van der Waals surface area contributed by atoms with E-state index in [-0.39, 0.29) is 0 Å². The van der Waals surface area contributed by atoms with Gasteiger partial charge in [0.15, 0.2) is 0 Å². The van der Waals surface area contributed by atoms with Gasteiger partial charge in [0.2, 0.25) is 0 Å². The van der Waals surface area contributed by atoms with Crippen molar-refractivity contribution in [2.45, 2.75) is 6.42 Å². The fourth-order valence-electron chi connectivity index (χ4n) is 1.88. The van der Waals surface area contributed by atoms with Crippen LogP contribution in [0, 0.1) is 0 Å². The molecule has 1 aliphatic rings. The van der Waals surface area contributed by atoms with Crippen molar-refractivity contribution in [3.05, 3.63) is 54.1 Å². The van der Waals surface area contributed by atoms with Crippen LogP contribution in [0.3, 0.4) is 0 Å². The molecule has 0 amide bonds. The maximum Gasteiger partial charge on any atom is 0.146 e. The number of hydrogen-bond donors (Lipinski definition) is 1. The Morgan fingerprint density at radius 1 is 1.20 bits per heavy atom. The number of pyridine rings is 2. The lowest BCUT2D eigenvalue weighted by atomic mass is 10.1. The van der Waals surface area contributed by atoms with Crippen LogP contribution in [0.4, 0.5) is 0 Å². The molecule has 0 fully saturated rings. The Labute approximate surface area is 121 Å². The molecule has 5 nitrogen and oxygen atoms in total. The lowest BCUT2D eigenvalue weighted by Gasteiger charge is -2.17. The third-order valence-electron chi connectivity index (χ3n) is 2.83. The van der Waals surface area contributed by atoms with Crippen molar-refractivity contribution in [1.82, 2.24) is 15.4 Å². The zero-order valence-electron chi connectivity index (χ0n) is 10.6. The molecule has 0 radical (unpaired) electrons. The first-order valence-electron chi connectivity index (χ1n) is 6.21. The number of fused-ring (bicyclic) bond motifs is 1. The number of nitrogens with one attached hydrogen (secondary N) is 1. The van der Waals surface area contributed by atoms with Crippen LogP contribution in [0.2, 0.25) is 0 Å². The summed E-state index contributed by atoms with van der Waals surface area (Å²) >= 11 is 5.26. The van der Waals surface area contributed by atoms with Crippen LogP contribution in [-0.2, 0) is 0 Å². The van der Waals surface area contributed by atoms with Crippen molar-refractivity contribution >= 4 is 22.9 Å². The number of aromatic nitrogens is 2. The first-order chi connectivity index (χ1) is 9.84. The molecule has 2 aromatic heterocycles. The molecule has 0 aliphatic carbocycles. The summed E-state index contributed by atoms with van der Waals surface area (Å²) in [6.07, 6.45) is 4.11. The van der Waals surface area contributed by atoms with Gasteiger partial charge in [-0.3, -0.25) is 15.4 Å². The van der Waals surface area contributed by atoms with Crippen molar-refractivity contribution in [1.29, 1.82) is 0 Å². The van der Waals surface area contributed by atoms with Gasteiger partial charge in [-0.25, -0.2) is 0 Å². The molecule has 1 N–H and O–H groups in total. The Kier molecular flexibility index (Phi) is 3.64. The molecule has 0 saturated carbocycles. The largest absolute Gasteiger partial charge is 0.491 e. The fraction of sp³-hybridized carbons (Fsp3) is 0.143. The molecule has 0 unspecified atom stereocenters. The second kappa shape index (κ2) is 5.75. The molecule has 100 valence electrons. The standard InChI is InChI=1S/C14H12N4OS/c20-14(11-4-1-2-7-15-11)18-17-10-6-9-19-12-5-3-8-16-13(10)12/h1-5,7-8H,6,9H2,(H,18,20)/b17-10-. The summed E-state index contributed by atoms with van der Waals surface area (Å²) in [6.45, 7) is 0.593. The van der Waals surface area contributed by atoms with Gasteiger partial charge in [0.25, 0.3) is 0 Å². The zero-order valence-corrected chi connectivity index (χ0v) is 11.4. The highest BCUT2D eigenvalue weighted by atomic mass is 32.1. The maximum absolute atomic E-state index is 5.53. The Bertz CT molecular complexity index is 657. The Morgan fingerprint density at radius 2 is 2.10 bits per heavy atom. The number of rotatable bonds is 2. The highest BCUT2D eigenvalue weighted by Crippen LogP contribution is 2.21. The highest BCUT2D eigenvalue weighted by molar-refractivity contribution is 7.80. The van der Waals surface area contributed by atoms with Crippen molar-refractivity contribution in [3.8, 4) is 5.75 Å². The Morgan fingerprint density at radius 3 is 2.95 bits per heavy atom. The first kappa shape index (κ1) is 12.7. The predicted molar refractivity (Wildman–Crippen MR) is 80.0 cm³/mol. The van der Waals surface area contributed by atoms with Crippen molar-refractivity contribution in [3.63, 3.8) is 0 Å². The van der Waals surface area contributed by atoms with E-state index >= 15 is 0 Å². The average molecular weight is 284 g/mol. The predicted octanol–water partition coefficient (Wildman–Crippen LogP) is 1.93. The Hall–Kier alpha value is -2.34. The molecular weight excluding hydrogens is 272 g/mol. The molecular formula is C14H12N4OS. The molecule has 0 spiro atoms. The topological polar surface area (TPSA) is 59.4 Å². The second-order valence-electron chi connectivity index (χ2n) is 4.16. The van der Waals surface area contributed by atoms with Crippen LogP contribution in [0.5, 0.6) is 5.75 Å². The average Bonchev–Trinajstić information content (AvgIpc) is 2.53. The molecule has 0 bridgehead atoms. The van der Waals surface area contributed by atoms with Crippen molar-refractivity contribution in [2.75, 3.05) is 6.61 Å². The van der Waals surface area contributed by atoms with E-state index in [1.807, 2.05) is 30.3 Å². The van der Waals surface area contributed by atoms with E-state index in [2.05, 4.69) is 20.5 Å². The van der Waals surface area contributed by atoms with E-state index in [1.54, 1.807) is 12.4 Å².